The minimum atomic E-state index is 1.11. The lowest BCUT2D eigenvalue weighted by molar-refractivity contribution is 1.47. The zero-order valence-electron chi connectivity index (χ0n) is 2.70. The fourth-order valence-corrected chi connectivity index (χ4v) is 0.354. The molecule has 0 aliphatic heterocycles. The van der Waals surface area contributed by atoms with Gasteiger partial charge in [0, 0.05) is 0 Å². The van der Waals surface area contributed by atoms with Gasteiger partial charge in [-0.15, -0.1) is 0 Å². The molecule has 0 heterocycles. The molecule has 4 heavy (non-hydrogen) atoms. The van der Waals surface area contributed by atoms with Crippen LogP contribution in [-0.2, 0) is 0 Å². The molecule has 1 fully saturated rings. The van der Waals surface area contributed by atoms with Crippen molar-refractivity contribution in [3.05, 3.63) is 0 Å². The zero-order chi connectivity index (χ0) is 2.99. The highest BCUT2D eigenvalue weighted by Gasteiger charge is 2.09. The van der Waals surface area contributed by atoms with Crippen LogP contribution in [0.25, 0.3) is 0 Å². The van der Waals surface area contributed by atoms with Gasteiger partial charge in [0.05, 0.1) is 0 Å². The van der Waals surface area contributed by atoms with E-state index in [9.17, 15) is 0 Å². The molecule has 1 radical (unpaired) electrons. The average molecular weight is 65.4 g/mol. The molecule has 0 aromatic heterocycles. The molecule has 0 aromatic rings. The summed E-state index contributed by atoms with van der Waals surface area (Å²) in [4.78, 5) is 0. The first-order chi connectivity index (χ1) is 1.89. The van der Waals surface area contributed by atoms with Gasteiger partial charge in [-0.2, -0.15) is 4.05 Å². The van der Waals surface area contributed by atoms with Crippen molar-refractivity contribution in [3.63, 3.8) is 0 Å². The van der Waals surface area contributed by atoms with Crippen LogP contribution < -0.4 is 0 Å². The van der Waals surface area contributed by atoms with Gasteiger partial charge in [0.1, 0.15) is 0 Å². The molecule has 0 bridgehead atoms. The Kier molecular flexibility index (Phi) is 0.645. The molecule has 0 amide bonds. The summed E-state index contributed by atoms with van der Waals surface area (Å²) in [6.45, 7) is 0. The van der Waals surface area contributed by atoms with Crippen molar-refractivity contribution in [2.24, 2.45) is 0 Å². The molecule has 1 saturated carbocycles. The summed E-state index contributed by atoms with van der Waals surface area (Å²) in [6, 6.07) is 0. The quantitative estimate of drug-likeness (QED) is 0.365. The van der Waals surface area contributed by atoms with E-state index >= 15 is 0 Å². The highest BCUT2D eigenvalue weighted by Crippen LogP contribution is 2.31. The van der Waals surface area contributed by atoms with Crippen LogP contribution in [0.5, 0.6) is 0 Å². The van der Waals surface area contributed by atoms with E-state index in [-0.39, 0.29) is 0 Å². The number of rotatable bonds is 0. The Morgan fingerprint density at radius 3 is 1.75 bits per heavy atom. The third-order valence-electron chi connectivity index (χ3n) is 0.697. The van der Waals surface area contributed by atoms with Gasteiger partial charge in [0.2, 0.25) is 21.7 Å². The lowest BCUT2D eigenvalue weighted by Gasteiger charge is -1.54. The van der Waals surface area contributed by atoms with E-state index < -0.39 is 0 Å². The summed E-state index contributed by atoms with van der Waals surface area (Å²) in [7, 11) is 0. The fourth-order valence-electron chi connectivity index (χ4n) is 0.118. The molecular weight excluding hydrogens is 60.3 g/mol. The molecule has 1 heteroatoms. The monoisotopic (exact) mass is 65.0 g/mol. The number of hydrogen-bond acceptors (Lipinski definition) is 0. The molecule has 1 aliphatic carbocycles. The smallest absolute Gasteiger partial charge is 0.167 e. The third-order valence-corrected chi connectivity index (χ3v) is 1.51. The Morgan fingerprint density at radius 2 is 1.75 bits per heavy atom. The summed E-state index contributed by atoms with van der Waals surface area (Å²) in [5.74, 6) is 0. The van der Waals surface area contributed by atoms with Crippen LogP contribution in [0.15, 0.2) is 0 Å². The van der Waals surface area contributed by atoms with Crippen molar-refractivity contribution < 1.29 is 0 Å². The SMILES string of the molecule is [Mg][CH]1CC1. The second kappa shape index (κ2) is 0.867. The van der Waals surface area contributed by atoms with Crippen LogP contribution in [0.3, 0.4) is 0 Å². The van der Waals surface area contributed by atoms with Crippen LogP contribution in [0.2, 0.25) is 4.05 Å². The molecule has 0 saturated heterocycles. The lowest BCUT2D eigenvalue weighted by atomic mass is 11.0. The molecule has 0 spiro atoms. The Balaban J connectivity index is 2.17. The van der Waals surface area contributed by atoms with Gasteiger partial charge >= 0.3 is 0 Å². The van der Waals surface area contributed by atoms with E-state index in [1.165, 1.54) is 12.8 Å². The summed E-state index contributed by atoms with van der Waals surface area (Å²) in [5, 5.41) is 0. The molecule has 0 atom stereocenters. The first kappa shape index (κ1) is 2.98. The maximum atomic E-state index is 2.11. The second-order valence-corrected chi connectivity index (χ2v) is 2.60. The maximum Gasteiger partial charge on any atom is 0.227 e. The maximum absolute atomic E-state index is 2.11. The van der Waals surface area contributed by atoms with Crippen molar-refractivity contribution in [2.45, 2.75) is 16.9 Å². The molecule has 1 aliphatic rings. The second-order valence-electron chi connectivity index (χ2n) is 1.44. The Hall–Kier alpha value is 0.766. The molecule has 0 aromatic carbocycles. The summed E-state index contributed by atoms with van der Waals surface area (Å²) in [5.41, 5.74) is 0. The summed E-state index contributed by atoms with van der Waals surface area (Å²) < 4.78 is 1.11. The van der Waals surface area contributed by atoms with E-state index in [1.54, 1.807) is 0 Å². The highest BCUT2D eigenvalue weighted by molar-refractivity contribution is 6.13. The van der Waals surface area contributed by atoms with Gasteiger partial charge in [-0.3, -0.25) is 0 Å². The largest absolute Gasteiger partial charge is 0.227 e. The van der Waals surface area contributed by atoms with E-state index in [2.05, 4.69) is 21.7 Å². The molecule has 0 nitrogen and oxygen atoms in total. The molecule has 1 rings (SSSR count). The summed E-state index contributed by atoms with van der Waals surface area (Å²) in [6.07, 6.45) is 3.00. The van der Waals surface area contributed by atoms with Crippen molar-refractivity contribution >= 4 is 21.7 Å². The lowest BCUT2D eigenvalue weighted by Crippen LogP contribution is -1.47. The van der Waals surface area contributed by atoms with Crippen LogP contribution in [-0.4, -0.2) is 21.7 Å². The van der Waals surface area contributed by atoms with Gasteiger partial charge in [-0.05, 0) is 0 Å². The first-order valence-corrected chi connectivity index (χ1v) is 2.54. The van der Waals surface area contributed by atoms with Crippen LogP contribution in [0, 0.1) is 0 Å². The van der Waals surface area contributed by atoms with Gasteiger partial charge in [-0.25, -0.2) is 0 Å². The van der Waals surface area contributed by atoms with Crippen LogP contribution in [0.1, 0.15) is 12.8 Å². The van der Waals surface area contributed by atoms with Gasteiger partial charge < -0.3 is 0 Å². The Labute approximate surface area is 39.0 Å². The molecule has 0 unspecified atom stereocenters. The third kappa shape index (κ3) is 0.608. The summed E-state index contributed by atoms with van der Waals surface area (Å²) >= 11 is 2.11. The molecule has 19 valence electrons. The Bertz CT molecular complexity index is 22.5. The van der Waals surface area contributed by atoms with Crippen molar-refractivity contribution in [1.29, 1.82) is 0 Å². The van der Waals surface area contributed by atoms with Crippen LogP contribution in [0.4, 0.5) is 0 Å². The standard InChI is InChI=1S/C3H5.Mg/c1-2-3-1;/h1H,2-3H2;. The first-order valence-electron chi connectivity index (χ1n) is 1.72. The fraction of sp³-hybridized carbons (Fsp3) is 1.00. The van der Waals surface area contributed by atoms with E-state index in [4.69, 9.17) is 0 Å². The molecular formula is C3H5Mg. The average Bonchev–Trinajstić information content (AvgIpc) is 1.75. The van der Waals surface area contributed by atoms with E-state index in [0.717, 1.165) is 4.05 Å². The Morgan fingerprint density at radius 1 is 1.50 bits per heavy atom. The van der Waals surface area contributed by atoms with Gasteiger partial charge in [0.15, 0.2) is 0 Å². The minimum absolute atomic E-state index is 1.11. The van der Waals surface area contributed by atoms with Gasteiger partial charge in [-0.1, -0.05) is 12.8 Å². The van der Waals surface area contributed by atoms with E-state index in [0.29, 0.717) is 0 Å². The predicted octanol–water partition coefficient (Wildman–Crippen LogP) is 0.737. The van der Waals surface area contributed by atoms with Crippen molar-refractivity contribution in [1.82, 2.24) is 0 Å². The van der Waals surface area contributed by atoms with Crippen molar-refractivity contribution in [3.8, 4) is 0 Å². The molecule has 0 N–H and O–H groups in total. The predicted molar refractivity (Wildman–Crippen MR) is 18.7 cm³/mol. The highest BCUT2D eigenvalue weighted by atomic mass is 24.4. The normalized spacial score (nSPS) is 25.8. The van der Waals surface area contributed by atoms with Gasteiger partial charge in [0.25, 0.3) is 0 Å². The topological polar surface area (TPSA) is 0 Å². The number of hydrogen-bond donors (Lipinski definition) is 0. The zero-order valence-corrected chi connectivity index (χ0v) is 4.11. The van der Waals surface area contributed by atoms with E-state index in [1.807, 2.05) is 0 Å². The minimum Gasteiger partial charge on any atom is -0.167 e. The van der Waals surface area contributed by atoms with Crippen LogP contribution >= 0.6 is 0 Å². The van der Waals surface area contributed by atoms with Crippen molar-refractivity contribution in [2.75, 3.05) is 0 Å².